The highest BCUT2D eigenvalue weighted by molar-refractivity contribution is 6.06. The summed E-state index contributed by atoms with van der Waals surface area (Å²) in [5.74, 6) is 0.129. The molecule has 86 valence electrons. The van der Waals surface area contributed by atoms with Crippen molar-refractivity contribution in [2.45, 2.75) is 19.8 Å². The Morgan fingerprint density at radius 1 is 1.18 bits per heavy atom. The first-order chi connectivity index (χ1) is 8.31. The number of hydrogen-bond donors (Lipinski definition) is 0. The fourth-order valence-electron chi connectivity index (χ4n) is 1.70. The van der Waals surface area contributed by atoms with Gasteiger partial charge in [-0.2, -0.15) is 0 Å². The summed E-state index contributed by atoms with van der Waals surface area (Å²) < 4.78 is 0. The molecule has 1 aromatic carbocycles. The van der Waals surface area contributed by atoms with E-state index in [0.717, 1.165) is 12.8 Å². The minimum Gasteiger partial charge on any atom is -0.285 e. The quantitative estimate of drug-likeness (QED) is 0.753. The first kappa shape index (κ1) is 11.5. The normalized spacial score (nSPS) is 10.2. The lowest BCUT2D eigenvalue weighted by molar-refractivity contribution is 0.102. The maximum Gasteiger partial charge on any atom is 0.230 e. The van der Waals surface area contributed by atoms with Crippen LogP contribution in [-0.2, 0) is 6.42 Å². The average molecular weight is 226 g/mol. The van der Waals surface area contributed by atoms with Gasteiger partial charge in [0.1, 0.15) is 0 Å². The molecular formula is C14H14N2O. The summed E-state index contributed by atoms with van der Waals surface area (Å²) in [4.78, 5) is 20.0. The van der Waals surface area contributed by atoms with E-state index in [1.165, 1.54) is 5.56 Å². The molecule has 2 aromatic rings. The molecule has 0 fully saturated rings. The highest BCUT2D eigenvalue weighted by Crippen LogP contribution is 2.10. The van der Waals surface area contributed by atoms with E-state index in [4.69, 9.17) is 0 Å². The molecule has 17 heavy (non-hydrogen) atoms. The van der Waals surface area contributed by atoms with Gasteiger partial charge < -0.3 is 0 Å². The summed E-state index contributed by atoms with van der Waals surface area (Å²) in [6, 6.07) is 9.36. The zero-order valence-corrected chi connectivity index (χ0v) is 9.76. The molecule has 0 radical (unpaired) electrons. The van der Waals surface area contributed by atoms with E-state index in [0.29, 0.717) is 5.56 Å². The highest BCUT2D eigenvalue weighted by atomic mass is 16.1. The van der Waals surface area contributed by atoms with Crippen molar-refractivity contribution in [1.29, 1.82) is 0 Å². The van der Waals surface area contributed by atoms with E-state index in [9.17, 15) is 4.79 Å². The van der Waals surface area contributed by atoms with Gasteiger partial charge in [-0.25, -0.2) is 9.97 Å². The second-order valence-corrected chi connectivity index (χ2v) is 3.85. The number of rotatable bonds is 4. The van der Waals surface area contributed by atoms with Crippen LogP contribution in [0, 0.1) is 0 Å². The van der Waals surface area contributed by atoms with E-state index in [1.54, 1.807) is 24.5 Å². The highest BCUT2D eigenvalue weighted by Gasteiger charge is 2.11. The van der Waals surface area contributed by atoms with Gasteiger partial charge in [0.2, 0.25) is 11.6 Å². The lowest BCUT2D eigenvalue weighted by atomic mass is 10.0. The van der Waals surface area contributed by atoms with E-state index < -0.39 is 0 Å². The Morgan fingerprint density at radius 3 is 2.65 bits per heavy atom. The lowest BCUT2D eigenvalue weighted by Gasteiger charge is -2.02. The molecule has 0 aliphatic carbocycles. The van der Waals surface area contributed by atoms with Crippen LogP contribution in [0.15, 0.2) is 42.7 Å². The van der Waals surface area contributed by atoms with E-state index in [-0.39, 0.29) is 11.6 Å². The third-order valence-electron chi connectivity index (χ3n) is 2.50. The summed E-state index contributed by atoms with van der Waals surface area (Å²) in [5.41, 5.74) is 1.83. The Hall–Kier alpha value is -2.03. The molecule has 0 aliphatic rings. The number of carbonyl (C=O) groups excluding carboxylic acids is 1. The molecule has 3 nitrogen and oxygen atoms in total. The third-order valence-corrected chi connectivity index (χ3v) is 2.50. The summed E-state index contributed by atoms with van der Waals surface area (Å²) in [6.07, 6.45) is 5.21. The number of carbonyl (C=O) groups is 1. The average Bonchev–Trinajstić information content (AvgIpc) is 2.40. The van der Waals surface area contributed by atoms with Crippen molar-refractivity contribution in [2.24, 2.45) is 0 Å². The van der Waals surface area contributed by atoms with Crippen molar-refractivity contribution < 1.29 is 4.79 Å². The fraction of sp³-hybridized carbons (Fsp3) is 0.214. The van der Waals surface area contributed by atoms with Crippen LogP contribution in [-0.4, -0.2) is 15.8 Å². The minimum atomic E-state index is -0.122. The first-order valence-corrected chi connectivity index (χ1v) is 5.72. The van der Waals surface area contributed by atoms with Gasteiger partial charge in [0.15, 0.2) is 0 Å². The van der Waals surface area contributed by atoms with Crippen molar-refractivity contribution in [3.05, 3.63) is 59.7 Å². The number of hydrogen-bond acceptors (Lipinski definition) is 3. The maximum absolute atomic E-state index is 12.1. The number of aromatic nitrogens is 2. The smallest absolute Gasteiger partial charge is 0.230 e. The van der Waals surface area contributed by atoms with E-state index >= 15 is 0 Å². The molecule has 0 amide bonds. The molecule has 2 rings (SSSR count). The molecule has 0 spiro atoms. The van der Waals surface area contributed by atoms with Gasteiger partial charge in [0.05, 0.1) is 0 Å². The van der Waals surface area contributed by atoms with Crippen molar-refractivity contribution in [1.82, 2.24) is 9.97 Å². The van der Waals surface area contributed by atoms with Crippen LogP contribution in [0.1, 0.15) is 35.1 Å². The molecule has 0 atom stereocenters. The molecule has 0 unspecified atom stereocenters. The molecule has 0 N–H and O–H groups in total. The number of aryl methyl sites for hydroxylation is 1. The molecule has 1 heterocycles. The van der Waals surface area contributed by atoms with Crippen molar-refractivity contribution in [3.63, 3.8) is 0 Å². The summed E-state index contributed by atoms with van der Waals surface area (Å²) in [5, 5.41) is 0. The van der Waals surface area contributed by atoms with Gasteiger partial charge >= 0.3 is 0 Å². The largest absolute Gasteiger partial charge is 0.285 e. The Morgan fingerprint density at radius 2 is 1.94 bits per heavy atom. The van der Waals surface area contributed by atoms with Crippen molar-refractivity contribution in [2.75, 3.05) is 0 Å². The summed E-state index contributed by atoms with van der Waals surface area (Å²) in [7, 11) is 0. The number of nitrogens with zero attached hydrogens (tertiary/aromatic N) is 2. The first-order valence-electron chi connectivity index (χ1n) is 5.72. The van der Waals surface area contributed by atoms with Gasteiger partial charge in [-0.1, -0.05) is 31.5 Å². The molecule has 0 bridgehead atoms. The standard InChI is InChI=1S/C14H14N2O/c1-2-5-11-6-3-7-12(10-11)13(17)14-15-8-4-9-16-14/h3-4,6-10H,2,5H2,1H3. The van der Waals surface area contributed by atoms with Gasteiger partial charge in [-0.05, 0) is 24.1 Å². The SMILES string of the molecule is CCCc1cccc(C(=O)c2ncccn2)c1. The predicted octanol–water partition coefficient (Wildman–Crippen LogP) is 2.66. The van der Waals surface area contributed by atoms with Gasteiger partial charge in [-0.3, -0.25) is 4.79 Å². The molecular weight excluding hydrogens is 212 g/mol. The maximum atomic E-state index is 12.1. The third kappa shape index (κ3) is 2.75. The molecule has 3 heteroatoms. The van der Waals surface area contributed by atoms with Crippen molar-refractivity contribution >= 4 is 5.78 Å². The molecule has 1 aromatic heterocycles. The Kier molecular flexibility index (Phi) is 3.60. The second-order valence-electron chi connectivity index (χ2n) is 3.85. The Balaban J connectivity index is 2.28. The topological polar surface area (TPSA) is 42.9 Å². The van der Waals surface area contributed by atoms with Crippen LogP contribution >= 0.6 is 0 Å². The summed E-state index contributed by atoms with van der Waals surface area (Å²) in [6.45, 7) is 2.12. The molecule has 0 aliphatic heterocycles. The zero-order chi connectivity index (χ0) is 12.1. The van der Waals surface area contributed by atoms with E-state index in [1.807, 2.05) is 18.2 Å². The molecule has 0 saturated heterocycles. The Bertz CT molecular complexity index is 509. The van der Waals surface area contributed by atoms with Crippen LogP contribution in [0.3, 0.4) is 0 Å². The van der Waals surface area contributed by atoms with Crippen LogP contribution in [0.2, 0.25) is 0 Å². The second kappa shape index (κ2) is 5.34. The lowest BCUT2D eigenvalue weighted by Crippen LogP contribution is -2.06. The Labute approximate surface area is 101 Å². The van der Waals surface area contributed by atoms with Crippen molar-refractivity contribution in [3.8, 4) is 0 Å². The van der Waals surface area contributed by atoms with Gasteiger partial charge in [0.25, 0.3) is 0 Å². The summed E-state index contributed by atoms with van der Waals surface area (Å²) >= 11 is 0. The van der Waals surface area contributed by atoms with Crippen LogP contribution in [0.5, 0.6) is 0 Å². The van der Waals surface area contributed by atoms with Gasteiger partial charge in [0, 0.05) is 18.0 Å². The monoisotopic (exact) mass is 226 g/mol. The number of ketones is 1. The van der Waals surface area contributed by atoms with E-state index in [2.05, 4.69) is 16.9 Å². The minimum absolute atomic E-state index is 0.122. The zero-order valence-electron chi connectivity index (χ0n) is 9.76. The van der Waals surface area contributed by atoms with Gasteiger partial charge in [-0.15, -0.1) is 0 Å². The predicted molar refractivity (Wildman–Crippen MR) is 65.9 cm³/mol. The van der Waals surface area contributed by atoms with Crippen LogP contribution in [0.4, 0.5) is 0 Å². The number of benzene rings is 1. The molecule has 0 saturated carbocycles. The van der Waals surface area contributed by atoms with Crippen LogP contribution in [0.25, 0.3) is 0 Å². The van der Waals surface area contributed by atoms with Crippen LogP contribution < -0.4 is 0 Å². The fourth-order valence-corrected chi connectivity index (χ4v) is 1.70.